The summed E-state index contributed by atoms with van der Waals surface area (Å²) < 4.78 is 0. The van der Waals surface area contributed by atoms with Gasteiger partial charge in [0.2, 0.25) is 0 Å². The molecular weight excluding hydrogens is 159 g/mol. The molecule has 68 valence electrons. The fraction of sp³-hybridized carbons (Fsp3) is 0.364. The lowest BCUT2D eigenvalue weighted by Gasteiger charge is -2.04. The number of Topliss-reactive ketones (excluding diaryl/α,β-unsaturated/α-hetero) is 1. The van der Waals surface area contributed by atoms with Crippen molar-refractivity contribution in [2.75, 3.05) is 0 Å². The van der Waals surface area contributed by atoms with E-state index in [1.54, 1.807) is 0 Å². The summed E-state index contributed by atoms with van der Waals surface area (Å²) >= 11 is 0. The third kappa shape index (κ3) is 2.45. The Morgan fingerprint density at radius 2 is 2.15 bits per heavy atom. The fourth-order valence-electron chi connectivity index (χ4n) is 1.49. The third-order valence-corrected chi connectivity index (χ3v) is 2.16. The van der Waals surface area contributed by atoms with Gasteiger partial charge in [-0.3, -0.25) is 4.79 Å². The highest BCUT2D eigenvalue weighted by Gasteiger charge is 2.06. The number of carbonyl (C=O) groups excluding carboxylic acids is 1. The predicted octanol–water partition coefficient (Wildman–Crippen LogP) is 1.24. The molecule has 0 fully saturated rings. The van der Waals surface area contributed by atoms with Crippen molar-refractivity contribution in [1.82, 2.24) is 0 Å². The second-order valence-corrected chi connectivity index (χ2v) is 3.49. The van der Waals surface area contributed by atoms with E-state index in [9.17, 15) is 4.79 Å². The van der Waals surface area contributed by atoms with Crippen molar-refractivity contribution in [1.29, 1.82) is 0 Å². The van der Waals surface area contributed by atoms with Crippen LogP contribution in [0.5, 0.6) is 0 Å². The van der Waals surface area contributed by atoms with Gasteiger partial charge in [0.05, 0.1) is 0 Å². The molecule has 13 heavy (non-hydrogen) atoms. The summed E-state index contributed by atoms with van der Waals surface area (Å²) in [6.07, 6.45) is 1.58. The summed E-state index contributed by atoms with van der Waals surface area (Å²) in [5.74, 6) is 0.264. The highest BCUT2D eigenvalue weighted by molar-refractivity contribution is 6.36. The first-order valence-corrected chi connectivity index (χ1v) is 4.75. The molecule has 0 saturated heterocycles. The molecule has 1 aromatic rings. The molecule has 0 aliphatic heterocycles. The molecule has 0 aliphatic rings. The van der Waals surface area contributed by atoms with Gasteiger partial charge in [0.25, 0.3) is 0 Å². The number of hydrogen-bond acceptors (Lipinski definition) is 1. The lowest BCUT2D eigenvalue weighted by Crippen LogP contribution is -2.15. The average molecular weight is 174 g/mol. The topological polar surface area (TPSA) is 17.1 Å². The largest absolute Gasteiger partial charge is 0.294 e. The van der Waals surface area contributed by atoms with Crippen LogP contribution in [-0.2, 0) is 0 Å². The minimum Gasteiger partial charge on any atom is -0.294 e. The second-order valence-electron chi connectivity index (χ2n) is 3.49. The standard InChI is InChI=1S/C11H15BO/c1-3-4-11(13)9-6-5-8(2)7-10(9)12/h5-7H,3-4,12H2,1-2H3. The number of benzene rings is 1. The maximum atomic E-state index is 11.6. The zero-order valence-corrected chi connectivity index (χ0v) is 8.55. The second kappa shape index (κ2) is 4.26. The molecule has 0 aliphatic carbocycles. The lowest BCUT2D eigenvalue weighted by molar-refractivity contribution is 0.0983. The van der Waals surface area contributed by atoms with E-state index in [4.69, 9.17) is 0 Å². The van der Waals surface area contributed by atoms with Crippen LogP contribution in [0.3, 0.4) is 0 Å². The summed E-state index contributed by atoms with van der Waals surface area (Å²) in [6, 6.07) is 5.99. The van der Waals surface area contributed by atoms with Gasteiger partial charge in [0, 0.05) is 12.0 Å². The molecule has 1 rings (SSSR count). The van der Waals surface area contributed by atoms with Crippen LogP contribution in [0.4, 0.5) is 0 Å². The molecule has 1 aromatic carbocycles. The number of aryl methyl sites for hydroxylation is 1. The van der Waals surface area contributed by atoms with Crippen molar-refractivity contribution in [3.8, 4) is 0 Å². The van der Waals surface area contributed by atoms with Crippen LogP contribution in [0.25, 0.3) is 0 Å². The minimum absolute atomic E-state index is 0.264. The molecule has 0 N–H and O–H groups in total. The monoisotopic (exact) mass is 174 g/mol. The summed E-state index contributed by atoms with van der Waals surface area (Å²) in [4.78, 5) is 11.6. The Balaban J connectivity index is 2.95. The van der Waals surface area contributed by atoms with E-state index in [0.29, 0.717) is 6.42 Å². The van der Waals surface area contributed by atoms with Crippen LogP contribution >= 0.6 is 0 Å². The molecule has 0 heterocycles. The normalized spacial score (nSPS) is 10.0. The van der Waals surface area contributed by atoms with Crippen molar-refractivity contribution >= 4 is 19.1 Å². The van der Waals surface area contributed by atoms with Crippen LogP contribution in [0.1, 0.15) is 35.7 Å². The fourth-order valence-corrected chi connectivity index (χ4v) is 1.49. The van der Waals surface area contributed by atoms with Crippen molar-refractivity contribution in [3.63, 3.8) is 0 Å². The average Bonchev–Trinajstić information content (AvgIpc) is 2.04. The summed E-state index contributed by atoms with van der Waals surface area (Å²) in [6.45, 7) is 4.07. The Morgan fingerprint density at radius 3 is 2.69 bits per heavy atom. The molecule has 2 heteroatoms. The van der Waals surface area contributed by atoms with E-state index in [1.807, 2.05) is 33.8 Å². The quantitative estimate of drug-likeness (QED) is 0.497. The third-order valence-electron chi connectivity index (χ3n) is 2.16. The van der Waals surface area contributed by atoms with Gasteiger partial charge >= 0.3 is 0 Å². The zero-order chi connectivity index (χ0) is 9.84. The van der Waals surface area contributed by atoms with E-state index in [0.717, 1.165) is 17.4 Å². The Bertz CT molecular complexity index is 318. The van der Waals surface area contributed by atoms with Crippen LogP contribution in [-0.4, -0.2) is 13.6 Å². The van der Waals surface area contributed by atoms with Crippen LogP contribution in [0.15, 0.2) is 18.2 Å². The highest BCUT2D eigenvalue weighted by atomic mass is 16.1. The number of rotatable bonds is 3. The Labute approximate surface area is 80.6 Å². The first-order chi connectivity index (χ1) is 6.15. The van der Waals surface area contributed by atoms with Crippen molar-refractivity contribution < 1.29 is 4.79 Å². The molecule has 0 saturated carbocycles. The van der Waals surface area contributed by atoms with Crippen LogP contribution in [0.2, 0.25) is 0 Å². The summed E-state index contributed by atoms with van der Waals surface area (Å²) in [5.41, 5.74) is 3.19. The van der Waals surface area contributed by atoms with Gasteiger partial charge in [-0.25, -0.2) is 0 Å². The van der Waals surface area contributed by atoms with E-state index < -0.39 is 0 Å². The van der Waals surface area contributed by atoms with Gasteiger partial charge in [-0.1, -0.05) is 36.1 Å². The predicted molar refractivity (Wildman–Crippen MR) is 58.6 cm³/mol. The van der Waals surface area contributed by atoms with Gasteiger partial charge in [-0.15, -0.1) is 0 Å². The summed E-state index contributed by atoms with van der Waals surface area (Å²) in [7, 11) is 2.00. The number of carbonyl (C=O) groups is 1. The summed E-state index contributed by atoms with van der Waals surface area (Å²) in [5, 5.41) is 0. The van der Waals surface area contributed by atoms with Crippen molar-refractivity contribution in [3.05, 3.63) is 29.3 Å². The molecular formula is C11H15BO. The Morgan fingerprint density at radius 1 is 1.46 bits per heavy atom. The molecule has 0 amide bonds. The molecule has 0 spiro atoms. The Kier molecular flexibility index (Phi) is 3.29. The van der Waals surface area contributed by atoms with Gasteiger partial charge in [0.1, 0.15) is 7.85 Å². The maximum absolute atomic E-state index is 11.6. The lowest BCUT2D eigenvalue weighted by atomic mass is 9.86. The van der Waals surface area contributed by atoms with Crippen molar-refractivity contribution in [2.45, 2.75) is 26.7 Å². The van der Waals surface area contributed by atoms with E-state index in [1.165, 1.54) is 5.56 Å². The molecule has 0 radical (unpaired) electrons. The SMILES string of the molecule is Bc1cc(C)ccc1C(=O)CCC. The molecule has 0 bridgehead atoms. The number of ketones is 1. The highest BCUT2D eigenvalue weighted by Crippen LogP contribution is 2.04. The first kappa shape index (κ1) is 10.0. The van der Waals surface area contributed by atoms with Gasteiger partial charge in [0.15, 0.2) is 5.78 Å². The molecule has 0 atom stereocenters. The number of hydrogen-bond donors (Lipinski definition) is 0. The van der Waals surface area contributed by atoms with Crippen LogP contribution in [0, 0.1) is 6.92 Å². The van der Waals surface area contributed by atoms with E-state index in [-0.39, 0.29) is 5.78 Å². The van der Waals surface area contributed by atoms with Gasteiger partial charge in [-0.05, 0) is 13.3 Å². The van der Waals surface area contributed by atoms with Crippen LogP contribution < -0.4 is 5.46 Å². The van der Waals surface area contributed by atoms with Gasteiger partial charge in [-0.2, -0.15) is 0 Å². The van der Waals surface area contributed by atoms with E-state index >= 15 is 0 Å². The zero-order valence-electron chi connectivity index (χ0n) is 8.55. The first-order valence-electron chi connectivity index (χ1n) is 4.75. The maximum Gasteiger partial charge on any atom is 0.162 e. The van der Waals surface area contributed by atoms with E-state index in [2.05, 4.69) is 6.07 Å². The van der Waals surface area contributed by atoms with Crippen molar-refractivity contribution in [2.24, 2.45) is 0 Å². The molecule has 0 aromatic heterocycles. The van der Waals surface area contributed by atoms with Gasteiger partial charge < -0.3 is 0 Å². The minimum atomic E-state index is 0.264. The molecule has 1 nitrogen and oxygen atoms in total. The Hall–Kier alpha value is -1.05. The molecule has 0 unspecified atom stereocenters. The smallest absolute Gasteiger partial charge is 0.162 e.